The Morgan fingerprint density at radius 1 is 1.30 bits per heavy atom. The molecule has 1 aliphatic carbocycles. The number of pyridine rings is 1. The summed E-state index contributed by atoms with van der Waals surface area (Å²) in [5.74, 6) is 0.805. The number of hydrogen-bond acceptors (Lipinski definition) is 3. The summed E-state index contributed by atoms with van der Waals surface area (Å²) in [5.41, 5.74) is 1.70. The van der Waals surface area contributed by atoms with Gasteiger partial charge in [-0.25, -0.2) is 0 Å². The smallest absolute Gasteiger partial charge is 0.102 e. The molecule has 0 amide bonds. The highest BCUT2D eigenvalue weighted by molar-refractivity contribution is 8.00. The Kier molecular flexibility index (Phi) is 3.93. The predicted octanol–water partition coefficient (Wildman–Crippen LogP) is 4.78. The van der Waals surface area contributed by atoms with Crippen LogP contribution < -0.4 is 0 Å². The molecule has 0 spiro atoms. The van der Waals surface area contributed by atoms with Gasteiger partial charge in [0.15, 0.2) is 0 Å². The quantitative estimate of drug-likeness (QED) is 0.795. The third-order valence-electron chi connectivity index (χ3n) is 4.02. The van der Waals surface area contributed by atoms with E-state index in [9.17, 15) is 5.26 Å². The molecular formula is C17H18N2S. The monoisotopic (exact) mass is 282 g/mol. The summed E-state index contributed by atoms with van der Waals surface area (Å²) in [6.07, 6.45) is 6.89. The lowest BCUT2D eigenvalue weighted by Crippen LogP contribution is -2.15. The second-order valence-electron chi connectivity index (χ2n) is 5.64. The van der Waals surface area contributed by atoms with Crippen molar-refractivity contribution >= 4 is 22.7 Å². The van der Waals surface area contributed by atoms with Crippen LogP contribution in [0.15, 0.2) is 35.4 Å². The van der Waals surface area contributed by atoms with Crippen molar-refractivity contribution in [1.29, 1.82) is 5.26 Å². The maximum Gasteiger partial charge on any atom is 0.102 e. The van der Waals surface area contributed by atoms with Crippen LogP contribution in [-0.4, -0.2) is 10.2 Å². The van der Waals surface area contributed by atoms with E-state index in [0.29, 0.717) is 10.8 Å². The van der Waals surface area contributed by atoms with Gasteiger partial charge in [0, 0.05) is 21.7 Å². The number of para-hydroxylation sites is 1. The molecule has 1 saturated carbocycles. The molecule has 2 atom stereocenters. The van der Waals surface area contributed by atoms with Crippen molar-refractivity contribution in [3.63, 3.8) is 0 Å². The van der Waals surface area contributed by atoms with Crippen molar-refractivity contribution in [2.75, 3.05) is 0 Å². The van der Waals surface area contributed by atoms with Crippen LogP contribution in [-0.2, 0) is 0 Å². The molecule has 3 heteroatoms. The van der Waals surface area contributed by atoms with E-state index in [2.05, 4.69) is 24.0 Å². The summed E-state index contributed by atoms with van der Waals surface area (Å²) in [4.78, 5) is 5.51. The fourth-order valence-corrected chi connectivity index (χ4v) is 4.54. The Hall–Kier alpha value is -1.53. The summed E-state index contributed by atoms with van der Waals surface area (Å²) in [6.45, 7) is 2.34. The fourth-order valence-electron chi connectivity index (χ4n) is 2.97. The molecule has 0 aliphatic heterocycles. The molecule has 0 bridgehead atoms. The standard InChI is InChI=1S/C17H18N2S/c1-12-5-4-6-14(9-12)20-17-13(10-18)11-19-16-8-3-2-7-15(16)17/h2-3,7-8,11-12,14H,4-6,9H2,1H3. The number of benzene rings is 1. The Balaban J connectivity index is 1.98. The highest BCUT2D eigenvalue weighted by atomic mass is 32.2. The summed E-state index contributed by atoms with van der Waals surface area (Å²) in [7, 11) is 0. The van der Waals surface area contributed by atoms with Crippen LogP contribution in [0.2, 0.25) is 0 Å². The molecule has 20 heavy (non-hydrogen) atoms. The van der Waals surface area contributed by atoms with Gasteiger partial charge in [-0.05, 0) is 24.8 Å². The summed E-state index contributed by atoms with van der Waals surface area (Å²) >= 11 is 1.89. The Labute approximate surface area is 124 Å². The van der Waals surface area contributed by atoms with Gasteiger partial charge >= 0.3 is 0 Å². The molecule has 0 saturated heterocycles. The lowest BCUT2D eigenvalue weighted by atomic mass is 9.91. The second-order valence-corrected chi connectivity index (χ2v) is 6.95. The Morgan fingerprint density at radius 2 is 2.15 bits per heavy atom. The van der Waals surface area contributed by atoms with Crippen LogP contribution in [0.4, 0.5) is 0 Å². The van der Waals surface area contributed by atoms with Crippen molar-refractivity contribution in [2.45, 2.75) is 42.8 Å². The van der Waals surface area contributed by atoms with E-state index in [1.807, 2.05) is 30.0 Å². The molecule has 1 heterocycles. The van der Waals surface area contributed by atoms with E-state index >= 15 is 0 Å². The number of thioether (sulfide) groups is 1. The molecule has 2 unspecified atom stereocenters. The fraction of sp³-hybridized carbons (Fsp3) is 0.412. The molecule has 1 aliphatic rings. The highest BCUT2D eigenvalue weighted by Gasteiger charge is 2.22. The van der Waals surface area contributed by atoms with Gasteiger partial charge in [0.1, 0.15) is 6.07 Å². The van der Waals surface area contributed by atoms with Crippen molar-refractivity contribution in [3.8, 4) is 6.07 Å². The minimum absolute atomic E-state index is 0.636. The first kappa shape index (κ1) is 13.5. The molecule has 1 fully saturated rings. The van der Waals surface area contributed by atoms with Crippen LogP contribution in [0, 0.1) is 17.2 Å². The van der Waals surface area contributed by atoms with Gasteiger partial charge in [-0.3, -0.25) is 4.98 Å². The SMILES string of the molecule is CC1CCCC(Sc2c(C#N)cnc3ccccc23)C1. The van der Waals surface area contributed by atoms with Crippen LogP contribution in [0.1, 0.15) is 38.2 Å². The predicted molar refractivity (Wildman–Crippen MR) is 83.7 cm³/mol. The molecule has 1 aromatic heterocycles. The molecule has 3 rings (SSSR count). The lowest BCUT2D eigenvalue weighted by molar-refractivity contribution is 0.394. The van der Waals surface area contributed by atoms with E-state index in [4.69, 9.17) is 0 Å². The normalized spacial score (nSPS) is 22.6. The zero-order valence-electron chi connectivity index (χ0n) is 11.7. The second kappa shape index (κ2) is 5.85. The summed E-state index contributed by atoms with van der Waals surface area (Å²) in [6, 6.07) is 10.4. The van der Waals surface area contributed by atoms with Gasteiger partial charge in [0.05, 0.1) is 11.1 Å². The maximum atomic E-state index is 9.36. The van der Waals surface area contributed by atoms with Crippen molar-refractivity contribution < 1.29 is 0 Å². The number of hydrogen-bond donors (Lipinski definition) is 0. The molecule has 102 valence electrons. The number of nitrogens with zero attached hydrogens (tertiary/aromatic N) is 2. The lowest BCUT2D eigenvalue weighted by Gasteiger charge is -2.26. The number of rotatable bonds is 2. The maximum absolute atomic E-state index is 9.36. The van der Waals surface area contributed by atoms with Crippen LogP contribution in [0.3, 0.4) is 0 Å². The van der Waals surface area contributed by atoms with Crippen LogP contribution in [0.25, 0.3) is 10.9 Å². The largest absolute Gasteiger partial charge is 0.255 e. The first-order valence-electron chi connectivity index (χ1n) is 7.22. The van der Waals surface area contributed by atoms with Crippen molar-refractivity contribution in [1.82, 2.24) is 4.98 Å². The first-order chi connectivity index (χ1) is 9.78. The van der Waals surface area contributed by atoms with Gasteiger partial charge in [-0.2, -0.15) is 5.26 Å². The average molecular weight is 282 g/mol. The Bertz CT molecular complexity index is 660. The average Bonchev–Trinajstić information content (AvgIpc) is 2.48. The highest BCUT2D eigenvalue weighted by Crippen LogP contribution is 2.39. The van der Waals surface area contributed by atoms with Gasteiger partial charge in [0.2, 0.25) is 0 Å². The van der Waals surface area contributed by atoms with Gasteiger partial charge in [-0.1, -0.05) is 38.0 Å². The molecule has 2 aromatic rings. The van der Waals surface area contributed by atoms with E-state index < -0.39 is 0 Å². The molecule has 1 aromatic carbocycles. The molecule has 0 N–H and O–H groups in total. The molecule has 0 radical (unpaired) electrons. The molecular weight excluding hydrogens is 264 g/mol. The zero-order valence-corrected chi connectivity index (χ0v) is 12.5. The topological polar surface area (TPSA) is 36.7 Å². The van der Waals surface area contributed by atoms with E-state index in [1.165, 1.54) is 25.7 Å². The number of fused-ring (bicyclic) bond motifs is 1. The third kappa shape index (κ3) is 2.66. The van der Waals surface area contributed by atoms with Crippen molar-refractivity contribution in [3.05, 3.63) is 36.0 Å². The number of aromatic nitrogens is 1. The minimum atomic E-state index is 0.636. The number of nitriles is 1. The van der Waals surface area contributed by atoms with E-state index in [-0.39, 0.29) is 0 Å². The third-order valence-corrected chi connectivity index (χ3v) is 5.46. The van der Waals surface area contributed by atoms with Gasteiger partial charge < -0.3 is 0 Å². The Morgan fingerprint density at radius 3 is 2.95 bits per heavy atom. The van der Waals surface area contributed by atoms with Crippen molar-refractivity contribution in [2.24, 2.45) is 5.92 Å². The molecule has 2 nitrogen and oxygen atoms in total. The van der Waals surface area contributed by atoms with Gasteiger partial charge in [-0.15, -0.1) is 11.8 Å². The first-order valence-corrected chi connectivity index (χ1v) is 8.10. The summed E-state index contributed by atoms with van der Waals surface area (Å²) < 4.78 is 0. The zero-order chi connectivity index (χ0) is 13.9. The van der Waals surface area contributed by atoms with Crippen LogP contribution >= 0.6 is 11.8 Å². The minimum Gasteiger partial charge on any atom is -0.255 e. The van der Waals surface area contributed by atoms with E-state index in [0.717, 1.165) is 21.7 Å². The van der Waals surface area contributed by atoms with E-state index in [1.54, 1.807) is 6.20 Å². The van der Waals surface area contributed by atoms with Gasteiger partial charge in [0.25, 0.3) is 0 Å². The summed E-state index contributed by atoms with van der Waals surface area (Å²) in [5, 5.41) is 11.1. The van der Waals surface area contributed by atoms with Crippen LogP contribution in [0.5, 0.6) is 0 Å².